The fraction of sp³-hybridized carbons (Fsp3) is 0.344. The molecule has 4 aromatic rings. The third kappa shape index (κ3) is 4.27. The van der Waals surface area contributed by atoms with E-state index in [9.17, 15) is 9.18 Å². The number of ether oxygens (including phenoxy) is 2. The fourth-order valence-corrected chi connectivity index (χ4v) is 6.24. The van der Waals surface area contributed by atoms with Gasteiger partial charge in [0, 0.05) is 24.2 Å². The largest absolute Gasteiger partial charge is 0.486 e. The predicted octanol–water partition coefficient (Wildman–Crippen LogP) is 6.34. The minimum Gasteiger partial charge on any atom is -0.486 e. The lowest BCUT2D eigenvalue weighted by Crippen LogP contribution is -2.53. The fourth-order valence-electron chi connectivity index (χ4n) is 6.24. The second kappa shape index (κ2) is 9.28. The van der Waals surface area contributed by atoms with Crippen molar-refractivity contribution in [3.8, 4) is 16.9 Å². The van der Waals surface area contributed by atoms with Crippen molar-refractivity contribution in [2.75, 3.05) is 13.2 Å². The third-order valence-corrected chi connectivity index (χ3v) is 8.63. The van der Waals surface area contributed by atoms with Gasteiger partial charge in [0.25, 0.3) is 5.91 Å². The summed E-state index contributed by atoms with van der Waals surface area (Å²) in [6.45, 7) is 1.86. The second-order valence-electron chi connectivity index (χ2n) is 11.2. The molecular formula is C32H31FN2O3. The van der Waals surface area contributed by atoms with Crippen LogP contribution in [0.2, 0.25) is 0 Å². The molecule has 0 atom stereocenters. The van der Waals surface area contributed by atoms with Crippen LogP contribution in [0.5, 0.6) is 5.75 Å². The molecule has 1 amide bonds. The molecule has 2 aliphatic carbocycles. The first-order valence-corrected chi connectivity index (χ1v) is 13.6. The van der Waals surface area contributed by atoms with Crippen molar-refractivity contribution in [3.63, 3.8) is 0 Å². The monoisotopic (exact) mass is 510 g/mol. The van der Waals surface area contributed by atoms with Crippen molar-refractivity contribution in [2.45, 2.75) is 50.8 Å². The summed E-state index contributed by atoms with van der Waals surface area (Å²) < 4.78 is 27.7. The molecule has 1 aliphatic heterocycles. The molecule has 0 bridgehead atoms. The number of rotatable bonds is 7. The van der Waals surface area contributed by atoms with Crippen LogP contribution < -0.4 is 10.1 Å². The molecule has 7 rings (SSSR count). The van der Waals surface area contributed by atoms with Crippen LogP contribution in [-0.4, -0.2) is 35.8 Å². The number of carbonyl (C=O) groups is 1. The number of hydrogen-bond donors (Lipinski definition) is 1. The maximum atomic E-state index is 14.7. The van der Waals surface area contributed by atoms with E-state index in [2.05, 4.69) is 41.7 Å². The van der Waals surface area contributed by atoms with E-state index in [0.29, 0.717) is 41.6 Å². The molecule has 38 heavy (non-hydrogen) atoms. The zero-order chi connectivity index (χ0) is 25.7. The molecule has 2 saturated carbocycles. The van der Waals surface area contributed by atoms with Crippen molar-refractivity contribution in [2.24, 2.45) is 5.41 Å². The van der Waals surface area contributed by atoms with Gasteiger partial charge in [-0.05, 0) is 78.1 Å². The highest BCUT2D eigenvalue weighted by Gasteiger charge is 2.48. The van der Waals surface area contributed by atoms with E-state index >= 15 is 0 Å². The Morgan fingerprint density at radius 2 is 1.68 bits per heavy atom. The number of hydrogen-bond acceptors (Lipinski definition) is 3. The number of benzene rings is 3. The van der Waals surface area contributed by atoms with Crippen molar-refractivity contribution in [1.82, 2.24) is 9.88 Å². The Bertz CT molecular complexity index is 1480. The number of amides is 1. The summed E-state index contributed by atoms with van der Waals surface area (Å²) in [7, 11) is 0. The van der Waals surface area contributed by atoms with Gasteiger partial charge in [-0.2, -0.15) is 0 Å². The summed E-state index contributed by atoms with van der Waals surface area (Å²) in [6.07, 6.45) is 8.06. The Morgan fingerprint density at radius 3 is 2.32 bits per heavy atom. The highest BCUT2D eigenvalue weighted by atomic mass is 19.1. The molecule has 3 aromatic carbocycles. The Kier molecular flexibility index (Phi) is 5.73. The molecule has 2 heterocycles. The van der Waals surface area contributed by atoms with Crippen molar-refractivity contribution in [3.05, 3.63) is 89.9 Å². The normalized spacial score (nSPS) is 18.6. The van der Waals surface area contributed by atoms with E-state index in [0.717, 1.165) is 35.3 Å². The maximum absolute atomic E-state index is 14.7. The van der Waals surface area contributed by atoms with Gasteiger partial charge in [-0.25, -0.2) is 4.39 Å². The number of halogens is 1. The van der Waals surface area contributed by atoms with Gasteiger partial charge in [-0.15, -0.1) is 0 Å². The van der Waals surface area contributed by atoms with Gasteiger partial charge in [0.05, 0.1) is 24.3 Å². The van der Waals surface area contributed by atoms with E-state index < -0.39 is 0 Å². The minimum atomic E-state index is -0.306. The van der Waals surface area contributed by atoms with Gasteiger partial charge in [0.1, 0.15) is 17.7 Å². The van der Waals surface area contributed by atoms with Crippen LogP contribution in [0.15, 0.2) is 72.9 Å². The highest BCUT2D eigenvalue weighted by molar-refractivity contribution is 6.06. The molecule has 1 N–H and O–H groups in total. The summed E-state index contributed by atoms with van der Waals surface area (Å²) in [5, 5.41) is 3.69. The van der Waals surface area contributed by atoms with Gasteiger partial charge >= 0.3 is 0 Å². The van der Waals surface area contributed by atoms with E-state index in [1.807, 2.05) is 22.9 Å². The van der Waals surface area contributed by atoms with Crippen LogP contribution in [0.25, 0.3) is 22.0 Å². The number of carbonyl (C=O) groups excluding carboxylic acids is 1. The van der Waals surface area contributed by atoms with E-state index in [1.165, 1.54) is 25.3 Å². The molecule has 194 valence electrons. The zero-order valence-corrected chi connectivity index (χ0v) is 21.3. The van der Waals surface area contributed by atoms with Crippen molar-refractivity contribution >= 4 is 16.8 Å². The smallest absolute Gasteiger partial charge is 0.253 e. The van der Waals surface area contributed by atoms with E-state index in [4.69, 9.17) is 9.47 Å². The van der Waals surface area contributed by atoms with Crippen LogP contribution in [0, 0.1) is 11.2 Å². The number of aromatic nitrogens is 1. The molecule has 0 unspecified atom stereocenters. The third-order valence-electron chi connectivity index (χ3n) is 8.63. The van der Waals surface area contributed by atoms with Crippen LogP contribution in [0.3, 0.4) is 0 Å². The Labute approximate surface area is 221 Å². The van der Waals surface area contributed by atoms with Crippen LogP contribution >= 0.6 is 0 Å². The summed E-state index contributed by atoms with van der Waals surface area (Å²) >= 11 is 0. The molecule has 3 aliphatic rings. The second-order valence-corrected chi connectivity index (χ2v) is 11.2. The predicted molar refractivity (Wildman–Crippen MR) is 145 cm³/mol. The SMILES string of the molecule is O=C(NC1CC2(CCC2)C1)c1ccc(F)c2ccn(Cc3ccc(-c4ccc(OC5COC5)cc4)cc3)c12. The Balaban J connectivity index is 1.07. The number of nitrogens with one attached hydrogen (secondary N) is 1. The zero-order valence-electron chi connectivity index (χ0n) is 21.3. The summed E-state index contributed by atoms with van der Waals surface area (Å²) in [4.78, 5) is 13.2. The highest BCUT2D eigenvalue weighted by Crippen LogP contribution is 2.55. The van der Waals surface area contributed by atoms with Crippen LogP contribution in [-0.2, 0) is 11.3 Å². The molecule has 0 radical (unpaired) electrons. The number of nitrogens with zero attached hydrogens (tertiary/aromatic N) is 1. The van der Waals surface area contributed by atoms with Gasteiger partial charge in [-0.1, -0.05) is 42.8 Å². The molecule has 3 fully saturated rings. The molecule has 6 heteroatoms. The standard InChI is InChI=1S/C32H31FN2O3/c33-29-11-10-28(31(36)34-24-16-32(17-24)13-1-14-32)30-27(29)12-15-35(30)18-21-2-4-22(5-3-21)23-6-8-25(9-7-23)38-26-19-37-20-26/h2-12,15,24,26H,1,13-14,16-20H2,(H,34,36). The molecule has 5 nitrogen and oxygen atoms in total. The van der Waals surface area contributed by atoms with Gasteiger partial charge in [0.15, 0.2) is 0 Å². The molecule has 1 aromatic heterocycles. The summed E-state index contributed by atoms with van der Waals surface area (Å²) in [6, 6.07) is 21.5. The quantitative estimate of drug-likeness (QED) is 0.316. The van der Waals surface area contributed by atoms with Crippen LogP contribution in [0.4, 0.5) is 4.39 Å². The lowest BCUT2D eigenvalue weighted by atomic mass is 9.54. The topological polar surface area (TPSA) is 52.5 Å². The first-order chi connectivity index (χ1) is 18.6. The lowest BCUT2D eigenvalue weighted by molar-refractivity contribution is -0.0796. The molecular weight excluding hydrogens is 479 g/mol. The van der Waals surface area contributed by atoms with Gasteiger partial charge in [-0.3, -0.25) is 4.79 Å². The van der Waals surface area contributed by atoms with Crippen molar-refractivity contribution in [1.29, 1.82) is 0 Å². The first-order valence-electron chi connectivity index (χ1n) is 13.6. The minimum absolute atomic E-state index is 0.110. The average Bonchev–Trinajstić information content (AvgIpc) is 3.28. The summed E-state index contributed by atoms with van der Waals surface area (Å²) in [5.41, 5.74) is 4.98. The van der Waals surface area contributed by atoms with E-state index in [-0.39, 0.29) is 23.9 Å². The van der Waals surface area contributed by atoms with Crippen LogP contribution in [0.1, 0.15) is 48.0 Å². The average molecular weight is 511 g/mol. The lowest BCUT2D eigenvalue weighted by Gasteiger charge is -2.54. The van der Waals surface area contributed by atoms with Crippen molar-refractivity contribution < 1.29 is 18.7 Å². The van der Waals surface area contributed by atoms with Gasteiger partial charge < -0.3 is 19.4 Å². The first kappa shape index (κ1) is 23.5. The Morgan fingerprint density at radius 1 is 0.974 bits per heavy atom. The molecule has 1 spiro atoms. The number of fused-ring (bicyclic) bond motifs is 1. The maximum Gasteiger partial charge on any atom is 0.253 e. The molecule has 1 saturated heterocycles. The summed E-state index contributed by atoms with van der Waals surface area (Å²) in [5.74, 6) is 0.437. The van der Waals surface area contributed by atoms with E-state index in [1.54, 1.807) is 12.1 Å². The Hall–Kier alpha value is -3.64. The van der Waals surface area contributed by atoms with Gasteiger partial charge in [0.2, 0.25) is 0 Å².